The molecule has 10 rings (SSSR count). The lowest BCUT2D eigenvalue weighted by atomic mass is 9.94. The van der Waals surface area contributed by atoms with Crippen molar-refractivity contribution < 1.29 is 34.2 Å². The number of hydrogen-bond donors (Lipinski definition) is 3. The number of hydrogen-bond acceptors (Lipinski definition) is 7. The number of carboxylic acid groups (broad SMARTS) is 1. The monoisotopic (exact) mass is 872 g/mol. The number of Topliss-reactive ketones (excluding diaryl/α,β-unsaturated/α-hetero) is 1. The van der Waals surface area contributed by atoms with Gasteiger partial charge in [0.2, 0.25) is 17.7 Å². The maximum absolute atomic E-state index is 12.5. The largest absolute Gasteiger partial charge is 0.481 e. The molecule has 4 saturated carbocycles. The van der Waals surface area contributed by atoms with E-state index in [0.717, 1.165) is 55.0 Å². The number of piperidine rings is 3. The number of aliphatic carboxylic acids is 1. The summed E-state index contributed by atoms with van der Waals surface area (Å²) < 4.78 is 0. The minimum Gasteiger partial charge on any atom is -0.481 e. The Morgan fingerprint density at radius 1 is 0.651 bits per heavy atom. The summed E-state index contributed by atoms with van der Waals surface area (Å²) in [5.74, 6) is 0.151. The highest BCUT2D eigenvalue weighted by atomic mass is 28.3. The maximum Gasteiger partial charge on any atom is 0.306 e. The molecule has 63 heavy (non-hydrogen) atoms. The third-order valence-corrected chi connectivity index (χ3v) is 15.6. The Morgan fingerprint density at radius 3 is 1.52 bits per heavy atom. The van der Waals surface area contributed by atoms with Gasteiger partial charge in [0.15, 0.2) is 5.78 Å². The number of nitrogens with two attached hydrogens (primary N) is 1. The van der Waals surface area contributed by atoms with Gasteiger partial charge in [0.25, 0.3) is 0 Å². The predicted octanol–water partition coefficient (Wildman–Crippen LogP) is 6.98. The van der Waals surface area contributed by atoms with Crippen molar-refractivity contribution in [2.24, 2.45) is 29.4 Å². The van der Waals surface area contributed by atoms with Gasteiger partial charge in [-0.25, -0.2) is 0 Å². The first-order valence-corrected chi connectivity index (χ1v) is 26.2. The summed E-state index contributed by atoms with van der Waals surface area (Å²) in [7, 11) is -1.36. The summed E-state index contributed by atoms with van der Waals surface area (Å²) in [5.41, 5.74) is 10.4. The van der Waals surface area contributed by atoms with Crippen LogP contribution in [0.5, 0.6) is 0 Å². The Labute approximate surface area is 373 Å². The van der Waals surface area contributed by atoms with E-state index in [-0.39, 0.29) is 59.4 Å². The quantitative estimate of drug-likeness (QED) is 0.153. The number of fused-ring (bicyclic) bond motifs is 6. The van der Waals surface area contributed by atoms with Crippen LogP contribution >= 0.6 is 0 Å². The summed E-state index contributed by atoms with van der Waals surface area (Å²) in [5, 5.41) is 19.7. The number of carbonyl (C=O) groups excluding carboxylic acids is 4. The molecule has 9 atom stereocenters. The second-order valence-electron chi connectivity index (χ2n) is 20.0. The summed E-state index contributed by atoms with van der Waals surface area (Å²) in [6.07, 6.45) is 5.72. The van der Waals surface area contributed by atoms with Crippen LogP contribution in [-0.2, 0) is 43.6 Å². The molecule has 7 aliphatic rings. The molecule has 3 aliphatic heterocycles. The van der Waals surface area contributed by atoms with Gasteiger partial charge in [-0.2, -0.15) is 0 Å². The molecule has 3 heterocycles. The number of carbonyl (C=O) groups is 5. The Kier molecular flexibility index (Phi) is 13.7. The molecule has 3 amide bonds. The fourth-order valence-corrected chi connectivity index (χ4v) is 13.2. The predicted molar refractivity (Wildman–Crippen MR) is 245 cm³/mol. The Morgan fingerprint density at radius 2 is 1.11 bits per heavy atom. The van der Waals surface area contributed by atoms with Gasteiger partial charge in [-0.1, -0.05) is 135 Å². The van der Waals surface area contributed by atoms with Crippen molar-refractivity contribution in [3.8, 4) is 0 Å². The molecule has 11 nitrogen and oxygen atoms in total. The van der Waals surface area contributed by atoms with Crippen LogP contribution in [0.1, 0.15) is 68.1 Å². The second-order valence-corrected chi connectivity index (χ2v) is 25.5. The molecule has 7 unspecified atom stereocenters. The van der Waals surface area contributed by atoms with Crippen molar-refractivity contribution >= 4 is 37.5 Å². The molecule has 0 aromatic heterocycles. The fourth-order valence-electron chi connectivity index (χ4n) is 11.0. The van der Waals surface area contributed by atoms with Crippen LogP contribution in [0, 0.1) is 23.7 Å². The van der Waals surface area contributed by atoms with Crippen LogP contribution in [0.3, 0.4) is 0 Å². The number of benzene rings is 3. The van der Waals surface area contributed by atoms with E-state index in [1.807, 2.05) is 76.5 Å². The van der Waals surface area contributed by atoms with Crippen LogP contribution in [0.4, 0.5) is 0 Å². The molecule has 0 radical (unpaired) electrons. The molecule has 4 aliphatic carbocycles. The fraction of sp³-hybridized carbons (Fsp3) is 0.471. The summed E-state index contributed by atoms with van der Waals surface area (Å²) in [6, 6.07) is 31.1. The van der Waals surface area contributed by atoms with E-state index in [9.17, 15) is 29.1 Å². The van der Waals surface area contributed by atoms with Crippen molar-refractivity contribution in [1.82, 2.24) is 14.7 Å². The minimum atomic E-state index is -1.36. The molecular formula is C51H64N4O7Si. The number of aliphatic hydroxyl groups is 1. The highest BCUT2D eigenvalue weighted by molar-refractivity contribution is 6.76. The van der Waals surface area contributed by atoms with Crippen LogP contribution in [0.25, 0.3) is 0 Å². The second kappa shape index (κ2) is 18.9. The zero-order valence-electron chi connectivity index (χ0n) is 37.0. The summed E-state index contributed by atoms with van der Waals surface area (Å²) >= 11 is 0. The van der Waals surface area contributed by atoms with Crippen LogP contribution in [0.15, 0.2) is 115 Å². The Hall–Kier alpha value is -5.17. The first kappa shape index (κ1) is 45.8. The van der Waals surface area contributed by atoms with Crippen LogP contribution in [0.2, 0.25) is 25.7 Å². The van der Waals surface area contributed by atoms with Gasteiger partial charge in [0.1, 0.15) is 0 Å². The number of likely N-dealkylation sites (tertiary alicyclic amines) is 3. The number of rotatable bonds is 9. The van der Waals surface area contributed by atoms with E-state index in [1.54, 1.807) is 4.90 Å². The van der Waals surface area contributed by atoms with Gasteiger partial charge in [-0.3, -0.25) is 24.0 Å². The van der Waals surface area contributed by atoms with Crippen molar-refractivity contribution in [3.63, 3.8) is 0 Å². The smallest absolute Gasteiger partial charge is 0.306 e. The van der Waals surface area contributed by atoms with Crippen molar-refractivity contribution in [2.75, 3.05) is 0 Å². The molecular weight excluding hydrogens is 809 g/mol. The summed E-state index contributed by atoms with van der Waals surface area (Å²) in [4.78, 5) is 64.0. The first-order valence-electron chi connectivity index (χ1n) is 22.5. The standard InChI is InChI=1S/C17H25NO2Si.C14H15NO.C13H13NO2.C7H11NO2/c1-21(2,3)12-17(20)10-14-9-15(17)18(16(14)19)11-13-7-5-4-6-8-13;1-10-7-12-8-13(10)15(14(12)16)9-11-5-3-2-4-6-11;15-12-7-10-6-11(12)14(13(10)16)8-9-4-2-1-3-5-9;1-4-2-5(7(9)10)3-6(4)8/h4-8,14-15,20H,9-12H2,1-3H3;2-6,12-13H,1,7-9H2;1-5,10-11H,6-8H2;5-6H,1-3,8H2,(H,9,10)/t;;;5-,6-/m...0/s1. The zero-order chi connectivity index (χ0) is 45.2. The molecule has 4 N–H and O–H groups in total. The average molecular weight is 873 g/mol. The topological polar surface area (TPSA) is 162 Å². The third-order valence-electron chi connectivity index (χ3n) is 13.9. The van der Waals surface area contributed by atoms with Crippen molar-refractivity contribution in [1.29, 1.82) is 0 Å². The minimum absolute atomic E-state index is 0.0157. The molecule has 3 aromatic rings. The molecule has 334 valence electrons. The van der Waals surface area contributed by atoms with Gasteiger partial charge in [-0.05, 0) is 67.7 Å². The van der Waals surface area contributed by atoms with E-state index in [2.05, 4.69) is 57.1 Å². The highest BCUT2D eigenvalue weighted by Gasteiger charge is 2.59. The normalized spacial score (nSPS) is 30.0. The van der Waals surface area contributed by atoms with E-state index in [4.69, 9.17) is 10.8 Å². The maximum atomic E-state index is 12.5. The molecule has 3 saturated heterocycles. The van der Waals surface area contributed by atoms with E-state index < -0.39 is 19.6 Å². The van der Waals surface area contributed by atoms with Gasteiger partial charge in [-0.15, -0.1) is 0 Å². The van der Waals surface area contributed by atoms with Crippen molar-refractivity contribution in [2.45, 2.75) is 126 Å². The van der Waals surface area contributed by atoms with E-state index in [1.165, 1.54) is 11.1 Å². The molecule has 12 heteroatoms. The lowest BCUT2D eigenvalue weighted by molar-refractivity contribution is -0.143. The van der Waals surface area contributed by atoms with Gasteiger partial charge >= 0.3 is 5.97 Å². The number of amides is 3. The Balaban J connectivity index is 0.000000130. The van der Waals surface area contributed by atoms with Gasteiger partial charge in [0.05, 0.1) is 29.6 Å². The highest BCUT2D eigenvalue weighted by Crippen LogP contribution is 2.49. The number of nitrogens with zero attached hydrogens (tertiary/aromatic N) is 3. The van der Waals surface area contributed by atoms with E-state index >= 15 is 0 Å². The average Bonchev–Trinajstić information content (AvgIpc) is 4.12. The van der Waals surface area contributed by atoms with Gasteiger partial charge < -0.3 is 30.6 Å². The van der Waals surface area contributed by atoms with Crippen molar-refractivity contribution in [3.05, 3.63) is 132 Å². The number of carboxylic acids is 1. The third kappa shape index (κ3) is 10.5. The lowest BCUT2D eigenvalue weighted by Crippen LogP contribution is -2.55. The molecule has 3 aromatic carbocycles. The zero-order valence-corrected chi connectivity index (χ0v) is 38.0. The van der Waals surface area contributed by atoms with E-state index in [0.29, 0.717) is 50.7 Å². The van der Waals surface area contributed by atoms with Crippen LogP contribution < -0.4 is 5.73 Å². The first-order chi connectivity index (χ1) is 29.9. The van der Waals surface area contributed by atoms with Crippen LogP contribution in [-0.4, -0.2) is 92.2 Å². The Bertz CT molecular complexity index is 2110. The summed E-state index contributed by atoms with van der Waals surface area (Å²) in [6.45, 7) is 16.6. The molecule has 6 bridgehead atoms. The lowest BCUT2D eigenvalue weighted by Gasteiger charge is -2.42. The SMILES string of the molecule is C=C1CC2CC1N(Cc1ccccc1)C2=O.C=C1C[C@H](C(=O)O)C[C@@H]1N.C[Si](C)(C)CC1(O)CC2CC1N(Cc1ccccc1)C2=O.O=C1CC2CC1N(Cc1ccccc1)C2=O. The number of ketones is 1. The molecule has 7 fully saturated rings. The molecule has 0 spiro atoms. The van der Waals surface area contributed by atoms with Gasteiger partial charge in [0, 0.05) is 57.9 Å².